The lowest BCUT2D eigenvalue weighted by molar-refractivity contribution is 0.753. The summed E-state index contributed by atoms with van der Waals surface area (Å²) in [6.45, 7) is 15.9. The molecule has 0 saturated carbocycles. The van der Waals surface area contributed by atoms with E-state index in [1.54, 1.807) is 5.56 Å². The highest BCUT2D eigenvalue weighted by Crippen LogP contribution is 2.35. The summed E-state index contributed by atoms with van der Waals surface area (Å²) < 4.78 is 0. The average molecular weight is 207 g/mol. The first-order valence-corrected chi connectivity index (χ1v) is 6.08. The van der Waals surface area contributed by atoms with Crippen molar-refractivity contribution in [1.82, 2.24) is 4.98 Å². The lowest BCUT2D eigenvalue weighted by Crippen LogP contribution is -2.00. The lowest BCUT2D eigenvalue weighted by Gasteiger charge is -2.15. The van der Waals surface area contributed by atoms with Crippen LogP contribution >= 0.6 is 0 Å². The summed E-state index contributed by atoms with van der Waals surface area (Å²) in [7, 11) is 0. The molecule has 0 aromatic carbocycles. The topological polar surface area (TPSA) is 15.8 Å². The van der Waals surface area contributed by atoms with Crippen molar-refractivity contribution < 1.29 is 0 Å². The molecule has 0 amide bonds. The maximum atomic E-state index is 3.58. The highest BCUT2D eigenvalue weighted by atomic mass is 14.7. The summed E-state index contributed by atoms with van der Waals surface area (Å²) in [5, 5.41) is 0. The van der Waals surface area contributed by atoms with E-state index in [-0.39, 0.29) is 0 Å². The molecule has 0 saturated heterocycles. The zero-order valence-electron chi connectivity index (χ0n) is 11.2. The van der Waals surface area contributed by atoms with Crippen LogP contribution in [0, 0.1) is 6.92 Å². The van der Waals surface area contributed by atoms with Gasteiger partial charge in [0.25, 0.3) is 0 Å². The van der Waals surface area contributed by atoms with Crippen molar-refractivity contribution in [2.75, 3.05) is 0 Å². The first kappa shape index (κ1) is 12.4. The Labute approximate surface area is 94.3 Å². The van der Waals surface area contributed by atoms with Crippen LogP contribution in [0.5, 0.6) is 0 Å². The molecule has 0 aliphatic rings. The lowest BCUT2D eigenvalue weighted by atomic mass is 9.89. The molecule has 0 unspecified atom stereocenters. The average Bonchev–Trinajstić information content (AvgIpc) is 2.42. The van der Waals surface area contributed by atoms with E-state index in [1.807, 2.05) is 0 Å². The molecular formula is C14H25N. The van der Waals surface area contributed by atoms with Crippen molar-refractivity contribution in [3.8, 4) is 0 Å². The number of aromatic nitrogens is 1. The maximum absolute atomic E-state index is 3.58. The van der Waals surface area contributed by atoms with Crippen LogP contribution in [0.3, 0.4) is 0 Å². The van der Waals surface area contributed by atoms with E-state index in [1.165, 1.54) is 17.0 Å². The molecule has 0 aliphatic carbocycles. The Morgan fingerprint density at radius 1 is 0.733 bits per heavy atom. The van der Waals surface area contributed by atoms with Gasteiger partial charge in [0.05, 0.1) is 0 Å². The van der Waals surface area contributed by atoms with Crippen molar-refractivity contribution in [3.05, 3.63) is 22.5 Å². The summed E-state index contributed by atoms with van der Waals surface area (Å²) in [5.41, 5.74) is 5.88. The van der Waals surface area contributed by atoms with E-state index in [4.69, 9.17) is 0 Å². The summed E-state index contributed by atoms with van der Waals surface area (Å²) in [6, 6.07) is 0. The molecule has 1 aromatic rings. The highest BCUT2D eigenvalue weighted by molar-refractivity contribution is 5.42. The Kier molecular flexibility index (Phi) is 3.64. The van der Waals surface area contributed by atoms with Gasteiger partial charge in [-0.1, -0.05) is 41.5 Å². The van der Waals surface area contributed by atoms with Gasteiger partial charge in [0, 0.05) is 11.4 Å². The second kappa shape index (κ2) is 4.42. The quantitative estimate of drug-likeness (QED) is 0.740. The van der Waals surface area contributed by atoms with Crippen molar-refractivity contribution in [2.45, 2.75) is 66.2 Å². The van der Waals surface area contributed by atoms with Gasteiger partial charge < -0.3 is 4.98 Å². The molecule has 1 aromatic heterocycles. The minimum Gasteiger partial charge on any atom is -0.362 e. The van der Waals surface area contributed by atoms with Crippen LogP contribution in [0.1, 0.15) is 81.8 Å². The number of H-pyrrole nitrogens is 1. The molecule has 0 spiro atoms. The standard InChI is InChI=1S/C14H25N/c1-8(2)12-11(7)15-14(10(5)6)13(12)9(3)4/h8-10,15H,1-7H3. The highest BCUT2D eigenvalue weighted by Gasteiger charge is 2.20. The Morgan fingerprint density at radius 2 is 1.20 bits per heavy atom. The van der Waals surface area contributed by atoms with Crippen LogP contribution < -0.4 is 0 Å². The van der Waals surface area contributed by atoms with Crippen molar-refractivity contribution >= 4 is 0 Å². The summed E-state index contributed by atoms with van der Waals surface area (Å²) in [4.78, 5) is 3.58. The van der Waals surface area contributed by atoms with Gasteiger partial charge in [-0.05, 0) is 35.8 Å². The third-order valence-electron chi connectivity index (χ3n) is 3.04. The molecule has 0 aliphatic heterocycles. The zero-order chi connectivity index (χ0) is 11.7. The monoisotopic (exact) mass is 207 g/mol. The predicted octanol–water partition coefficient (Wildman–Crippen LogP) is 4.69. The molecule has 86 valence electrons. The van der Waals surface area contributed by atoms with E-state index >= 15 is 0 Å². The molecule has 1 heterocycles. The minimum absolute atomic E-state index is 0.591. The van der Waals surface area contributed by atoms with Gasteiger partial charge in [-0.2, -0.15) is 0 Å². The Balaban J connectivity index is 3.38. The summed E-state index contributed by atoms with van der Waals surface area (Å²) in [6.07, 6.45) is 0. The second-order valence-corrected chi connectivity index (χ2v) is 5.46. The smallest absolute Gasteiger partial charge is 0.0213 e. The van der Waals surface area contributed by atoms with Gasteiger partial charge in [-0.15, -0.1) is 0 Å². The van der Waals surface area contributed by atoms with Gasteiger partial charge in [0.1, 0.15) is 0 Å². The molecule has 1 nitrogen and oxygen atoms in total. The number of aromatic amines is 1. The zero-order valence-corrected chi connectivity index (χ0v) is 11.2. The van der Waals surface area contributed by atoms with Gasteiger partial charge in [-0.3, -0.25) is 0 Å². The molecular weight excluding hydrogens is 182 g/mol. The van der Waals surface area contributed by atoms with Crippen LogP contribution in [0.2, 0.25) is 0 Å². The number of hydrogen-bond donors (Lipinski definition) is 1. The van der Waals surface area contributed by atoms with Gasteiger partial charge >= 0.3 is 0 Å². The molecule has 0 radical (unpaired) electrons. The number of hydrogen-bond acceptors (Lipinski definition) is 0. The van der Waals surface area contributed by atoms with Gasteiger partial charge in [-0.25, -0.2) is 0 Å². The van der Waals surface area contributed by atoms with E-state index in [9.17, 15) is 0 Å². The number of nitrogens with one attached hydrogen (secondary N) is 1. The molecule has 1 rings (SSSR count). The summed E-state index contributed by atoms with van der Waals surface area (Å²) >= 11 is 0. The fourth-order valence-electron chi connectivity index (χ4n) is 2.51. The van der Waals surface area contributed by atoms with E-state index in [2.05, 4.69) is 53.5 Å². The minimum atomic E-state index is 0.591. The van der Waals surface area contributed by atoms with Crippen molar-refractivity contribution in [2.24, 2.45) is 0 Å². The molecule has 0 atom stereocenters. The third-order valence-corrected chi connectivity index (χ3v) is 3.04. The number of aryl methyl sites for hydroxylation is 1. The second-order valence-electron chi connectivity index (χ2n) is 5.46. The molecule has 1 N–H and O–H groups in total. The van der Waals surface area contributed by atoms with Crippen LogP contribution in [0.25, 0.3) is 0 Å². The summed E-state index contributed by atoms with van der Waals surface area (Å²) in [5.74, 6) is 1.82. The predicted molar refractivity (Wildman–Crippen MR) is 67.8 cm³/mol. The largest absolute Gasteiger partial charge is 0.362 e. The third kappa shape index (κ3) is 2.27. The fraction of sp³-hybridized carbons (Fsp3) is 0.714. The Morgan fingerprint density at radius 3 is 1.53 bits per heavy atom. The van der Waals surface area contributed by atoms with E-state index < -0.39 is 0 Å². The van der Waals surface area contributed by atoms with E-state index in [0.29, 0.717) is 17.8 Å². The maximum Gasteiger partial charge on any atom is 0.0213 e. The fourth-order valence-corrected chi connectivity index (χ4v) is 2.51. The first-order valence-electron chi connectivity index (χ1n) is 6.08. The molecule has 15 heavy (non-hydrogen) atoms. The molecule has 0 bridgehead atoms. The van der Waals surface area contributed by atoms with Crippen molar-refractivity contribution in [1.29, 1.82) is 0 Å². The van der Waals surface area contributed by atoms with Gasteiger partial charge in [0.15, 0.2) is 0 Å². The Bertz CT molecular complexity index is 329. The van der Waals surface area contributed by atoms with E-state index in [0.717, 1.165) is 0 Å². The number of rotatable bonds is 3. The first-order chi connectivity index (χ1) is 6.86. The SMILES string of the molecule is Cc1[nH]c(C(C)C)c(C(C)C)c1C(C)C. The Hall–Kier alpha value is -0.720. The van der Waals surface area contributed by atoms with Crippen LogP contribution in [-0.4, -0.2) is 4.98 Å². The van der Waals surface area contributed by atoms with Crippen molar-refractivity contribution in [3.63, 3.8) is 0 Å². The molecule has 1 heteroatoms. The normalized spacial score (nSPS) is 12.1. The van der Waals surface area contributed by atoms with Crippen LogP contribution in [0.4, 0.5) is 0 Å². The van der Waals surface area contributed by atoms with Gasteiger partial charge in [0.2, 0.25) is 0 Å². The molecule has 0 fully saturated rings. The van der Waals surface area contributed by atoms with Crippen LogP contribution in [0.15, 0.2) is 0 Å². The van der Waals surface area contributed by atoms with Crippen LogP contribution in [-0.2, 0) is 0 Å².